The number of aryl methyl sites for hydroxylation is 1. The third kappa shape index (κ3) is 3.42. The number of nitrogens with zero attached hydrogens (tertiary/aromatic N) is 2. The van der Waals surface area contributed by atoms with Crippen LogP contribution in [-0.2, 0) is 6.54 Å². The molecule has 1 aromatic rings. The van der Waals surface area contributed by atoms with Gasteiger partial charge in [0.2, 0.25) is 0 Å². The topological polar surface area (TPSA) is 71.1 Å². The van der Waals surface area contributed by atoms with E-state index in [1.54, 1.807) is 7.11 Å². The van der Waals surface area contributed by atoms with Gasteiger partial charge in [0.05, 0.1) is 7.11 Å². The van der Waals surface area contributed by atoms with Crippen molar-refractivity contribution in [1.82, 2.24) is 4.90 Å². The molecule has 0 radical (unpaired) electrons. The molecule has 0 aromatic heterocycles. The molecule has 0 unspecified atom stereocenters. The van der Waals surface area contributed by atoms with Gasteiger partial charge in [-0.2, -0.15) is 0 Å². The highest BCUT2D eigenvalue weighted by Crippen LogP contribution is 2.24. The van der Waals surface area contributed by atoms with Crippen molar-refractivity contribution in [2.75, 3.05) is 20.2 Å². The maximum absolute atomic E-state index is 8.72. The molecule has 5 heteroatoms. The monoisotopic (exact) mass is 277 g/mol. The third-order valence-corrected chi connectivity index (χ3v) is 3.95. The van der Waals surface area contributed by atoms with Crippen LogP contribution in [0.15, 0.2) is 23.4 Å². The van der Waals surface area contributed by atoms with Gasteiger partial charge in [0.25, 0.3) is 0 Å². The van der Waals surface area contributed by atoms with Gasteiger partial charge in [-0.1, -0.05) is 22.9 Å². The summed E-state index contributed by atoms with van der Waals surface area (Å²) in [6.45, 7) is 4.89. The Morgan fingerprint density at radius 1 is 1.45 bits per heavy atom. The van der Waals surface area contributed by atoms with Gasteiger partial charge in [-0.15, -0.1) is 0 Å². The van der Waals surface area contributed by atoms with Crippen LogP contribution in [0.5, 0.6) is 5.75 Å². The van der Waals surface area contributed by atoms with E-state index in [0.29, 0.717) is 5.84 Å². The van der Waals surface area contributed by atoms with Crippen LogP contribution in [0.1, 0.15) is 24.0 Å². The van der Waals surface area contributed by atoms with Gasteiger partial charge in [-0.05, 0) is 38.9 Å². The first-order valence-corrected chi connectivity index (χ1v) is 6.97. The maximum Gasteiger partial charge on any atom is 0.142 e. The summed E-state index contributed by atoms with van der Waals surface area (Å²) in [5.74, 6) is 1.50. The van der Waals surface area contributed by atoms with Gasteiger partial charge in [0, 0.05) is 18.0 Å². The molecule has 1 aliphatic heterocycles. The average Bonchev–Trinajstić information content (AvgIpc) is 2.47. The smallest absolute Gasteiger partial charge is 0.142 e. The van der Waals surface area contributed by atoms with Crippen molar-refractivity contribution in [3.63, 3.8) is 0 Å². The largest absolute Gasteiger partial charge is 0.496 e. The molecule has 20 heavy (non-hydrogen) atoms. The molecule has 1 aliphatic rings. The van der Waals surface area contributed by atoms with Gasteiger partial charge >= 0.3 is 0 Å². The summed E-state index contributed by atoms with van der Waals surface area (Å²) in [5.41, 5.74) is 8.13. The number of piperidine rings is 1. The molecule has 110 valence electrons. The Balaban J connectivity index is 1.97. The molecule has 0 spiro atoms. The fraction of sp³-hybridized carbons (Fsp3) is 0.533. The zero-order valence-electron chi connectivity index (χ0n) is 12.2. The summed E-state index contributed by atoms with van der Waals surface area (Å²) in [5, 5.41) is 11.8. The Kier molecular flexibility index (Phi) is 4.84. The summed E-state index contributed by atoms with van der Waals surface area (Å²) in [6, 6.07) is 6.26. The lowest BCUT2D eigenvalue weighted by atomic mass is 9.95. The number of benzene rings is 1. The van der Waals surface area contributed by atoms with Gasteiger partial charge in [0.1, 0.15) is 11.6 Å². The molecule has 1 saturated heterocycles. The number of methoxy groups -OCH3 is 1. The van der Waals surface area contributed by atoms with Crippen molar-refractivity contribution in [3.8, 4) is 5.75 Å². The van der Waals surface area contributed by atoms with E-state index in [0.717, 1.165) is 38.2 Å². The van der Waals surface area contributed by atoms with Crippen LogP contribution in [0.2, 0.25) is 0 Å². The van der Waals surface area contributed by atoms with E-state index < -0.39 is 0 Å². The number of rotatable bonds is 4. The molecule has 0 bridgehead atoms. The second-order valence-electron chi connectivity index (χ2n) is 5.39. The van der Waals surface area contributed by atoms with Crippen LogP contribution in [0.4, 0.5) is 0 Å². The standard InChI is InChI=1S/C15H23N3O2/c1-11-3-4-14(20-2)13(9-11)10-18-7-5-12(6-8-18)15(16)17-19/h3-4,9,12,19H,5-8,10H2,1-2H3,(H2,16,17). The number of oxime groups is 1. The van der Waals surface area contributed by atoms with E-state index in [2.05, 4.69) is 29.1 Å². The number of likely N-dealkylation sites (tertiary alicyclic amines) is 1. The third-order valence-electron chi connectivity index (χ3n) is 3.95. The molecule has 1 heterocycles. The molecule has 1 aromatic carbocycles. The normalized spacial score (nSPS) is 18.2. The van der Waals surface area contributed by atoms with E-state index in [9.17, 15) is 0 Å². The number of nitrogens with two attached hydrogens (primary N) is 1. The number of ether oxygens (including phenoxy) is 1. The Labute approximate surface area is 120 Å². The summed E-state index contributed by atoms with van der Waals surface area (Å²) in [4.78, 5) is 2.39. The first-order valence-electron chi connectivity index (χ1n) is 6.97. The minimum absolute atomic E-state index is 0.204. The first-order chi connectivity index (χ1) is 9.63. The lowest BCUT2D eigenvalue weighted by Gasteiger charge is -2.31. The van der Waals surface area contributed by atoms with Crippen LogP contribution in [0, 0.1) is 12.8 Å². The number of hydrogen-bond donors (Lipinski definition) is 2. The van der Waals surface area contributed by atoms with Gasteiger partial charge < -0.3 is 15.7 Å². The van der Waals surface area contributed by atoms with E-state index >= 15 is 0 Å². The molecule has 0 amide bonds. The molecule has 5 nitrogen and oxygen atoms in total. The summed E-state index contributed by atoms with van der Waals surface area (Å²) < 4.78 is 5.42. The fourth-order valence-electron chi connectivity index (χ4n) is 2.74. The molecule has 2 rings (SSSR count). The molecular weight excluding hydrogens is 254 g/mol. The summed E-state index contributed by atoms with van der Waals surface area (Å²) in [6.07, 6.45) is 1.87. The van der Waals surface area contributed by atoms with Crippen molar-refractivity contribution < 1.29 is 9.94 Å². The minimum atomic E-state index is 0.204. The Bertz CT molecular complexity index is 480. The van der Waals surface area contributed by atoms with Crippen molar-refractivity contribution in [3.05, 3.63) is 29.3 Å². The first kappa shape index (κ1) is 14.7. The van der Waals surface area contributed by atoms with Crippen LogP contribution < -0.4 is 10.5 Å². The highest BCUT2D eigenvalue weighted by atomic mass is 16.5. The minimum Gasteiger partial charge on any atom is -0.496 e. The maximum atomic E-state index is 8.72. The lowest BCUT2D eigenvalue weighted by Crippen LogP contribution is -2.38. The van der Waals surface area contributed by atoms with Crippen molar-refractivity contribution in [2.24, 2.45) is 16.8 Å². The second kappa shape index (κ2) is 6.61. The Morgan fingerprint density at radius 3 is 2.75 bits per heavy atom. The molecule has 0 saturated carbocycles. The van der Waals surface area contributed by atoms with Gasteiger partial charge in [-0.3, -0.25) is 4.90 Å². The zero-order valence-corrected chi connectivity index (χ0v) is 12.2. The van der Waals surface area contributed by atoms with E-state index in [4.69, 9.17) is 15.7 Å². The molecule has 1 fully saturated rings. The highest BCUT2D eigenvalue weighted by molar-refractivity contribution is 5.82. The number of amidine groups is 1. The fourth-order valence-corrected chi connectivity index (χ4v) is 2.74. The molecule has 0 atom stereocenters. The highest BCUT2D eigenvalue weighted by Gasteiger charge is 2.22. The van der Waals surface area contributed by atoms with E-state index in [1.807, 2.05) is 6.07 Å². The molecule has 3 N–H and O–H groups in total. The van der Waals surface area contributed by atoms with Crippen LogP contribution >= 0.6 is 0 Å². The quantitative estimate of drug-likeness (QED) is 0.382. The van der Waals surface area contributed by atoms with Crippen LogP contribution in [-0.4, -0.2) is 36.1 Å². The van der Waals surface area contributed by atoms with Crippen molar-refractivity contribution in [1.29, 1.82) is 0 Å². The summed E-state index contributed by atoms with van der Waals surface area (Å²) >= 11 is 0. The predicted molar refractivity (Wildman–Crippen MR) is 79.1 cm³/mol. The average molecular weight is 277 g/mol. The zero-order chi connectivity index (χ0) is 14.5. The predicted octanol–water partition coefficient (Wildman–Crippen LogP) is 1.96. The summed E-state index contributed by atoms with van der Waals surface area (Å²) in [7, 11) is 1.71. The van der Waals surface area contributed by atoms with E-state index in [-0.39, 0.29) is 5.92 Å². The van der Waals surface area contributed by atoms with Crippen molar-refractivity contribution >= 4 is 5.84 Å². The van der Waals surface area contributed by atoms with E-state index in [1.165, 1.54) is 11.1 Å². The van der Waals surface area contributed by atoms with Gasteiger partial charge in [0.15, 0.2) is 0 Å². The lowest BCUT2D eigenvalue weighted by molar-refractivity contribution is 0.196. The second-order valence-corrected chi connectivity index (χ2v) is 5.39. The number of hydrogen-bond acceptors (Lipinski definition) is 4. The van der Waals surface area contributed by atoms with Crippen LogP contribution in [0.3, 0.4) is 0 Å². The van der Waals surface area contributed by atoms with Crippen LogP contribution in [0.25, 0.3) is 0 Å². The Hall–Kier alpha value is -1.75. The SMILES string of the molecule is COc1ccc(C)cc1CN1CCC(C(N)=NO)CC1. The molecule has 0 aliphatic carbocycles. The Morgan fingerprint density at radius 2 is 2.15 bits per heavy atom. The van der Waals surface area contributed by atoms with Crippen molar-refractivity contribution in [2.45, 2.75) is 26.3 Å². The molecular formula is C15H23N3O2. The van der Waals surface area contributed by atoms with Gasteiger partial charge in [-0.25, -0.2) is 0 Å².